The standard InChI is InChI=1S/C21H18Cl2N2O3/c22-18-9-4-10-19(23)17(18)12-21(27)25(13-16-8-5-11-28-16)14-20(26)24-15-6-2-1-3-7-15/h1-11H,12-14H2,(H,24,26). The van der Waals surface area contributed by atoms with Crippen molar-refractivity contribution >= 4 is 40.7 Å². The minimum atomic E-state index is -0.309. The van der Waals surface area contributed by atoms with Crippen molar-refractivity contribution in [1.29, 1.82) is 0 Å². The largest absolute Gasteiger partial charge is 0.467 e. The number of hydrogen-bond donors (Lipinski definition) is 1. The smallest absolute Gasteiger partial charge is 0.244 e. The van der Waals surface area contributed by atoms with Crippen LogP contribution < -0.4 is 5.32 Å². The van der Waals surface area contributed by atoms with Gasteiger partial charge in [0.2, 0.25) is 11.8 Å². The summed E-state index contributed by atoms with van der Waals surface area (Å²) in [5.74, 6) is -0.0166. The van der Waals surface area contributed by atoms with E-state index in [0.29, 0.717) is 27.1 Å². The summed E-state index contributed by atoms with van der Waals surface area (Å²) in [5.41, 5.74) is 1.19. The normalized spacial score (nSPS) is 10.5. The molecule has 0 radical (unpaired) electrons. The summed E-state index contributed by atoms with van der Waals surface area (Å²) in [6.45, 7) is 0.0343. The summed E-state index contributed by atoms with van der Waals surface area (Å²) in [5, 5.41) is 3.60. The molecule has 5 nitrogen and oxygen atoms in total. The number of hydrogen-bond acceptors (Lipinski definition) is 3. The highest BCUT2D eigenvalue weighted by atomic mass is 35.5. The third-order valence-electron chi connectivity index (χ3n) is 4.06. The minimum Gasteiger partial charge on any atom is -0.467 e. The Kier molecular flexibility index (Phi) is 6.74. The molecular formula is C21H18Cl2N2O3. The van der Waals surface area contributed by atoms with E-state index in [1.807, 2.05) is 18.2 Å². The van der Waals surface area contributed by atoms with E-state index in [1.54, 1.807) is 42.5 Å². The summed E-state index contributed by atoms with van der Waals surface area (Å²) in [6, 6.07) is 17.6. The first-order valence-corrected chi connectivity index (χ1v) is 9.36. The highest BCUT2D eigenvalue weighted by Gasteiger charge is 2.21. The van der Waals surface area contributed by atoms with Crippen LogP contribution in [0.2, 0.25) is 10.0 Å². The van der Waals surface area contributed by atoms with Crippen molar-refractivity contribution in [2.24, 2.45) is 0 Å². The van der Waals surface area contributed by atoms with Gasteiger partial charge in [-0.3, -0.25) is 9.59 Å². The van der Waals surface area contributed by atoms with Crippen LogP contribution in [0.3, 0.4) is 0 Å². The zero-order chi connectivity index (χ0) is 19.9. The molecule has 0 aliphatic heterocycles. The molecule has 1 aromatic heterocycles. The van der Waals surface area contributed by atoms with Crippen LogP contribution in [-0.2, 0) is 22.6 Å². The Hall–Kier alpha value is -2.76. The average molecular weight is 417 g/mol. The number of benzene rings is 2. The number of nitrogens with zero attached hydrogens (tertiary/aromatic N) is 1. The second-order valence-corrected chi connectivity index (χ2v) is 6.93. The topological polar surface area (TPSA) is 62.6 Å². The molecule has 0 unspecified atom stereocenters. The molecule has 1 heterocycles. The third kappa shape index (κ3) is 5.38. The Labute approximate surface area is 172 Å². The summed E-state index contributed by atoms with van der Waals surface area (Å²) >= 11 is 12.4. The number of anilines is 1. The molecule has 2 aromatic carbocycles. The van der Waals surface area contributed by atoms with Gasteiger partial charge < -0.3 is 14.6 Å². The fourth-order valence-electron chi connectivity index (χ4n) is 2.68. The van der Waals surface area contributed by atoms with Gasteiger partial charge in [0.1, 0.15) is 12.3 Å². The predicted molar refractivity (Wildman–Crippen MR) is 109 cm³/mol. The van der Waals surface area contributed by atoms with E-state index in [9.17, 15) is 9.59 Å². The van der Waals surface area contributed by atoms with Crippen LogP contribution in [0.25, 0.3) is 0 Å². The lowest BCUT2D eigenvalue weighted by Crippen LogP contribution is -2.38. The maximum atomic E-state index is 12.9. The maximum absolute atomic E-state index is 12.9. The molecule has 0 spiro atoms. The number of para-hydroxylation sites is 1. The van der Waals surface area contributed by atoms with Gasteiger partial charge in [-0.2, -0.15) is 0 Å². The molecule has 2 amide bonds. The maximum Gasteiger partial charge on any atom is 0.244 e. The molecular weight excluding hydrogens is 399 g/mol. The molecule has 0 fully saturated rings. The van der Waals surface area contributed by atoms with Crippen LogP contribution in [-0.4, -0.2) is 23.3 Å². The lowest BCUT2D eigenvalue weighted by atomic mass is 10.1. The molecule has 0 saturated carbocycles. The van der Waals surface area contributed by atoms with Gasteiger partial charge in [0.25, 0.3) is 0 Å². The minimum absolute atomic E-state index is 0.0160. The van der Waals surface area contributed by atoms with E-state index in [-0.39, 0.29) is 31.3 Å². The van der Waals surface area contributed by atoms with Crippen molar-refractivity contribution in [2.45, 2.75) is 13.0 Å². The van der Waals surface area contributed by atoms with Crippen molar-refractivity contribution in [1.82, 2.24) is 4.90 Å². The van der Waals surface area contributed by atoms with Crippen LogP contribution in [0, 0.1) is 0 Å². The first kappa shape index (κ1) is 20.0. The lowest BCUT2D eigenvalue weighted by molar-refractivity contribution is -0.134. The van der Waals surface area contributed by atoms with Crippen LogP contribution in [0.5, 0.6) is 0 Å². The number of furan rings is 1. The summed E-state index contributed by atoms with van der Waals surface area (Å²) in [4.78, 5) is 26.8. The van der Waals surface area contributed by atoms with E-state index in [0.717, 1.165) is 0 Å². The zero-order valence-electron chi connectivity index (χ0n) is 14.9. The number of rotatable bonds is 7. The fraction of sp³-hybridized carbons (Fsp3) is 0.143. The highest BCUT2D eigenvalue weighted by Crippen LogP contribution is 2.25. The molecule has 3 rings (SSSR count). The monoisotopic (exact) mass is 416 g/mol. The predicted octanol–water partition coefficient (Wildman–Crippen LogP) is 4.80. The van der Waals surface area contributed by atoms with Gasteiger partial charge in [-0.15, -0.1) is 0 Å². The Morgan fingerprint density at radius 2 is 1.64 bits per heavy atom. The molecule has 28 heavy (non-hydrogen) atoms. The quantitative estimate of drug-likeness (QED) is 0.601. The molecule has 1 N–H and O–H groups in total. The first-order chi connectivity index (χ1) is 13.5. The molecule has 0 atom stereocenters. The van der Waals surface area contributed by atoms with E-state index in [4.69, 9.17) is 27.6 Å². The van der Waals surface area contributed by atoms with Gasteiger partial charge in [0.15, 0.2) is 0 Å². The molecule has 0 aliphatic carbocycles. The summed E-state index contributed by atoms with van der Waals surface area (Å²) < 4.78 is 5.33. The van der Waals surface area contributed by atoms with Crippen LogP contribution >= 0.6 is 23.2 Å². The Balaban J connectivity index is 1.74. The van der Waals surface area contributed by atoms with Gasteiger partial charge in [-0.05, 0) is 42.0 Å². The van der Waals surface area contributed by atoms with Gasteiger partial charge in [-0.1, -0.05) is 47.5 Å². The third-order valence-corrected chi connectivity index (χ3v) is 4.77. The van der Waals surface area contributed by atoms with E-state index in [1.165, 1.54) is 11.2 Å². The van der Waals surface area contributed by atoms with E-state index in [2.05, 4.69) is 5.32 Å². The summed E-state index contributed by atoms with van der Waals surface area (Å²) in [7, 11) is 0. The summed E-state index contributed by atoms with van der Waals surface area (Å²) in [6.07, 6.45) is 1.50. The number of halogens is 2. The average Bonchev–Trinajstić information content (AvgIpc) is 3.18. The molecule has 144 valence electrons. The molecule has 3 aromatic rings. The van der Waals surface area contributed by atoms with Crippen molar-refractivity contribution in [3.05, 3.63) is 88.3 Å². The van der Waals surface area contributed by atoms with Gasteiger partial charge in [0.05, 0.1) is 19.2 Å². The van der Waals surface area contributed by atoms with E-state index < -0.39 is 0 Å². The molecule has 0 bridgehead atoms. The number of amides is 2. The van der Waals surface area contributed by atoms with Gasteiger partial charge in [0, 0.05) is 15.7 Å². The van der Waals surface area contributed by atoms with Crippen molar-refractivity contribution in [3.8, 4) is 0 Å². The van der Waals surface area contributed by atoms with Crippen LogP contribution in [0.1, 0.15) is 11.3 Å². The molecule has 0 saturated heterocycles. The fourth-order valence-corrected chi connectivity index (χ4v) is 3.21. The van der Waals surface area contributed by atoms with Crippen LogP contribution in [0.4, 0.5) is 5.69 Å². The van der Waals surface area contributed by atoms with E-state index >= 15 is 0 Å². The molecule has 7 heteroatoms. The number of carbonyl (C=O) groups is 2. The first-order valence-electron chi connectivity index (χ1n) is 8.61. The van der Waals surface area contributed by atoms with Crippen molar-refractivity contribution in [2.75, 3.05) is 11.9 Å². The zero-order valence-corrected chi connectivity index (χ0v) is 16.4. The Morgan fingerprint density at radius 3 is 2.29 bits per heavy atom. The van der Waals surface area contributed by atoms with Crippen LogP contribution in [0.15, 0.2) is 71.3 Å². The highest BCUT2D eigenvalue weighted by molar-refractivity contribution is 6.36. The van der Waals surface area contributed by atoms with Gasteiger partial charge >= 0.3 is 0 Å². The van der Waals surface area contributed by atoms with Crippen molar-refractivity contribution < 1.29 is 14.0 Å². The van der Waals surface area contributed by atoms with Gasteiger partial charge in [-0.25, -0.2) is 0 Å². The SMILES string of the molecule is O=C(CN(Cc1ccco1)C(=O)Cc1c(Cl)cccc1Cl)Nc1ccccc1. The Morgan fingerprint density at radius 1 is 0.929 bits per heavy atom. The second-order valence-electron chi connectivity index (χ2n) is 6.12. The lowest BCUT2D eigenvalue weighted by Gasteiger charge is -2.22. The second kappa shape index (κ2) is 9.44. The molecule has 0 aliphatic rings. The number of carbonyl (C=O) groups excluding carboxylic acids is 2. The van der Waals surface area contributed by atoms with Crippen molar-refractivity contribution in [3.63, 3.8) is 0 Å². The Bertz CT molecular complexity index is 923. The number of nitrogens with one attached hydrogen (secondary N) is 1.